The summed E-state index contributed by atoms with van der Waals surface area (Å²) in [6, 6.07) is -1.37. The molecule has 2 atom stereocenters. The van der Waals surface area contributed by atoms with Crippen molar-refractivity contribution in [1.82, 2.24) is 10.6 Å². The predicted octanol–water partition coefficient (Wildman–Crippen LogP) is 0.328. The molecule has 1 rings (SSSR count). The van der Waals surface area contributed by atoms with Crippen LogP contribution in [0.2, 0.25) is 0 Å². The average molecular weight is 230 g/mol. The van der Waals surface area contributed by atoms with Gasteiger partial charge >= 0.3 is 12.0 Å². The lowest BCUT2D eigenvalue weighted by molar-refractivity contribution is -0.138. The smallest absolute Gasteiger partial charge is 0.325 e. The summed E-state index contributed by atoms with van der Waals surface area (Å²) in [6.45, 7) is 4.45. The lowest BCUT2D eigenvalue weighted by Crippen LogP contribution is -2.48. The molecule has 6 heteroatoms. The number of hydrogen-bond acceptors (Lipinski definition) is 3. The molecule has 1 saturated heterocycles. The van der Waals surface area contributed by atoms with Gasteiger partial charge in [0, 0.05) is 13.2 Å². The topological polar surface area (TPSA) is 87.7 Å². The zero-order chi connectivity index (χ0) is 12.2. The Morgan fingerprint density at radius 3 is 2.75 bits per heavy atom. The monoisotopic (exact) mass is 230 g/mol. The van der Waals surface area contributed by atoms with Crippen LogP contribution in [0.3, 0.4) is 0 Å². The largest absolute Gasteiger partial charge is 0.480 e. The van der Waals surface area contributed by atoms with E-state index in [0.717, 1.165) is 12.8 Å². The molecule has 0 aromatic heterocycles. The molecule has 0 spiro atoms. The molecule has 92 valence electrons. The van der Waals surface area contributed by atoms with Crippen molar-refractivity contribution < 1.29 is 19.4 Å². The van der Waals surface area contributed by atoms with E-state index in [-0.39, 0.29) is 5.60 Å². The molecule has 2 amide bonds. The summed E-state index contributed by atoms with van der Waals surface area (Å²) < 4.78 is 5.48. The Hall–Kier alpha value is -1.30. The molecule has 0 aromatic carbocycles. The van der Waals surface area contributed by atoms with Crippen molar-refractivity contribution in [3.63, 3.8) is 0 Å². The highest BCUT2D eigenvalue weighted by atomic mass is 16.5. The molecule has 0 aromatic rings. The van der Waals surface area contributed by atoms with Gasteiger partial charge in [0.25, 0.3) is 0 Å². The minimum Gasteiger partial charge on any atom is -0.480 e. The second-order valence-electron chi connectivity index (χ2n) is 4.29. The van der Waals surface area contributed by atoms with E-state index in [4.69, 9.17) is 9.84 Å². The zero-order valence-electron chi connectivity index (χ0n) is 9.58. The average Bonchev–Trinajstić information content (AvgIpc) is 2.63. The summed E-state index contributed by atoms with van der Waals surface area (Å²) in [6.07, 6.45) is 1.90. The first-order valence-electron chi connectivity index (χ1n) is 5.34. The molecule has 2 unspecified atom stereocenters. The summed E-state index contributed by atoms with van der Waals surface area (Å²) in [4.78, 5) is 21.8. The van der Waals surface area contributed by atoms with Crippen molar-refractivity contribution in [3.8, 4) is 0 Å². The maximum Gasteiger partial charge on any atom is 0.325 e. The standard InChI is InChI=1S/C10H18N2O4/c1-7(8(13)14)12-9(15)11-6-10(2)4-3-5-16-10/h7H,3-6H2,1-2H3,(H,13,14)(H2,11,12,15). The lowest BCUT2D eigenvalue weighted by atomic mass is 10.0. The number of rotatable bonds is 4. The van der Waals surface area contributed by atoms with Crippen LogP contribution < -0.4 is 10.6 Å². The van der Waals surface area contributed by atoms with Crippen LogP contribution in [0.15, 0.2) is 0 Å². The number of carboxylic acids is 1. The predicted molar refractivity (Wildman–Crippen MR) is 57.2 cm³/mol. The number of ether oxygens (including phenoxy) is 1. The van der Waals surface area contributed by atoms with Gasteiger partial charge in [-0.2, -0.15) is 0 Å². The number of urea groups is 1. The van der Waals surface area contributed by atoms with Crippen LogP contribution in [0.1, 0.15) is 26.7 Å². The van der Waals surface area contributed by atoms with Gasteiger partial charge in [-0.3, -0.25) is 4.79 Å². The molecule has 0 bridgehead atoms. The van der Waals surface area contributed by atoms with E-state index < -0.39 is 18.0 Å². The SMILES string of the molecule is CC(NC(=O)NCC1(C)CCCO1)C(=O)O. The normalized spacial score (nSPS) is 26.1. The van der Waals surface area contributed by atoms with Gasteiger partial charge in [0.1, 0.15) is 6.04 Å². The highest BCUT2D eigenvalue weighted by Crippen LogP contribution is 2.23. The second kappa shape index (κ2) is 5.16. The van der Waals surface area contributed by atoms with Crippen LogP contribution in [0.5, 0.6) is 0 Å². The van der Waals surface area contributed by atoms with E-state index in [1.54, 1.807) is 0 Å². The molecule has 1 aliphatic rings. The van der Waals surface area contributed by atoms with E-state index in [1.165, 1.54) is 6.92 Å². The van der Waals surface area contributed by atoms with Gasteiger partial charge in [-0.05, 0) is 26.7 Å². The maximum absolute atomic E-state index is 11.3. The van der Waals surface area contributed by atoms with Crippen molar-refractivity contribution in [2.45, 2.75) is 38.3 Å². The number of carbonyl (C=O) groups is 2. The molecular formula is C10H18N2O4. The molecule has 0 aliphatic carbocycles. The summed E-state index contributed by atoms with van der Waals surface area (Å²) in [7, 11) is 0. The van der Waals surface area contributed by atoms with E-state index in [9.17, 15) is 9.59 Å². The highest BCUT2D eigenvalue weighted by molar-refractivity contribution is 5.82. The summed E-state index contributed by atoms with van der Waals surface area (Å²) in [5, 5.41) is 13.5. The third-order valence-corrected chi connectivity index (χ3v) is 2.64. The minimum atomic E-state index is -1.06. The minimum absolute atomic E-state index is 0.316. The summed E-state index contributed by atoms with van der Waals surface area (Å²) in [5.74, 6) is -1.06. The molecule has 3 N–H and O–H groups in total. The second-order valence-corrected chi connectivity index (χ2v) is 4.29. The Bertz CT molecular complexity index is 274. The van der Waals surface area contributed by atoms with Gasteiger partial charge in [-0.25, -0.2) is 4.79 Å². The van der Waals surface area contributed by atoms with Gasteiger partial charge in [0.05, 0.1) is 5.60 Å². The molecule has 1 fully saturated rings. The number of aliphatic carboxylic acids is 1. The molecule has 16 heavy (non-hydrogen) atoms. The number of hydrogen-bond donors (Lipinski definition) is 3. The van der Waals surface area contributed by atoms with Crippen LogP contribution in [0, 0.1) is 0 Å². The Morgan fingerprint density at radius 1 is 1.56 bits per heavy atom. The van der Waals surface area contributed by atoms with Gasteiger partial charge in [0.2, 0.25) is 0 Å². The molecule has 6 nitrogen and oxygen atoms in total. The number of carbonyl (C=O) groups excluding carboxylic acids is 1. The first-order chi connectivity index (χ1) is 7.43. The third kappa shape index (κ3) is 3.69. The Kier molecular flexibility index (Phi) is 4.12. The number of nitrogens with one attached hydrogen (secondary N) is 2. The fourth-order valence-corrected chi connectivity index (χ4v) is 1.55. The van der Waals surface area contributed by atoms with Crippen molar-refractivity contribution in [3.05, 3.63) is 0 Å². The number of amides is 2. The maximum atomic E-state index is 11.3. The molecule has 1 heterocycles. The number of carboxylic acid groups (broad SMARTS) is 1. The summed E-state index contributed by atoms with van der Waals surface area (Å²) >= 11 is 0. The van der Waals surface area contributed by atoms with Gasteiger partial charge in [0.15, 0.2) is 0 Å². The van der Waals surface area contributed by atoms with Crippen molar-refractivity contribution in [1.29, 1.82) is 0 Å². The van der Waals surface area contributed by atoms with Crippen LogP contribution in [-0.4, -0.2) is 41.9 Å². The van der Waals surface area contributed by atoms with Crippen LogP contribution in [0.4, 0.5) is 4.79 Å². The van der Waals surface area contributed by atoms with E-state index in [0.29, 0.717) is 13.2 Å². The van der Waals surface area contributed by atoms with E-state index in [1.807, 2.05) is 6.92 Å². The van der Waals surface area contributed by atoms with Crippen molar-refractivity contribution in [2.24, 2.45) is 0 Å². The summed E-state index contributed by atoms with van der Waals surface area (Å²) in [5.41, 5.74) is -0.316. The first kappa shape index (κ1) is 12.8. The van der Waals surface area contributed by atoms with Crippen LogP contribution >= 0.6 is 0 Å². The third-order valence-electron chi connectivity index (χ3n) is 2.64. The van der Waals surface area contributed by atoms with Crippen LogP contribution in [0.25, 0.3) is 0 Å². The Labute approximate surface area is 94.3 Å². The first-order valence-corrected chi connectivity index (χ1v) is 5.34. The molecule has 1 aliphatic heterocycles. The van der Waals surface area contributed by atoms with E-state index >= 15 is 0 Å². The zero-order valence-corrected chi connectivity index (χ0v) is 9.58. The fourth-order valence-electron chi connectivity index (χ4n) is 1.55. The lowest BCUT2D eigenvalue weighted by Gasteiger charge is -2.23. The van der Waals surface area contributed by atoms with Gasteiger partial charge in [-0.15, -0.1) is 0 Å². The molecule has 0 radical (unpaired) electrons. The quantitative estimate of drug-likeness (QED) is 0.649. The highest BCUT2D eigenvalue weighted by Gasteiger charge is 2.30. The van der Waals surface area contributed by atoms with Gasteiger partial charge < -0.3 is 20.5 Å². The van der Waals surface area contributed by atoms with Crippen molar-refractivity contribution in [2.75, 3.05) is 13.2 Å². The van der Waals surface area contributed by atoms with Crippen LogP contribution in [-0.2, 0) is 9.53 Å². The van der Waals surface area contributed by atoms with Crippen molar-refractivity contribution >= 4 is 12.0 Å². The Morgan fingerprint density at radius 2 is 2.25 bits per heavy atom. The Balaban J connectivity index is 2.27. The van der Waals surface area contributed by atoms with E-state index in [2.05, 4.69) is 10.6 Å². The molecular weight excluding hydrogens is 212 g/mol. The fraction of sp³-hybridized carbons (Fsp3) is 0.800. The van der Waals surface area contributed by atoms with Gasteiger partial charge in [-0.1, -0.05) is 0 Å². The molecule has 0 saturated carbocycles.